The van der Waals surface area contributed by atoms with Gasteiger partial charge in [-0.2, -0.15) is 13.2 Å². The predicted octanol–water partition coefficient (Wildman–Crippen LogP) is 1.73. The van der Waals surface area contributed by atoms with Gasteiger partial charge in [-0.3, -0.25) is 9.59 Å². The second kappa shape index (κ2) is 17.1. The van der Waals surface area contributed by atoms with Crippen molar-refractivity contribution in [2.75, 3.05) is 13.6 Å². The molecule has 15 heteroatoms. The van der Waals surface area contributed by atoms with Gasteiger partial charge in [0.1, 0.15) is 12.1 Å². The number of likely N-dealkylation sites (N-methyl/N-ethyl adjacent to an activating group) is 1. The number of hydrogen-bond donors (Lipinski definition) is 5. The monoisotopic (exact) mass is 553 g/mol. The van der Waals surface area contributed by atoms with Crippen molar-refractivity contribution in [2.24, 2.45) is 16.5 Å². The molecule has 38 heavy (non-hydrogen) atoms. The molecule has 0 spiro atoms. The lowest BCUT2D eigenvalue weighted by atomic mass is 9.97. The number of hydrogen-bond acceptors (Lipinski definition) is 6. The van der Waals surface area contributed by atoms with Crippen LogP contribution in [0.3, 0.4) is 0 Å². The first kappa shape index (κ1) is 34.5. The molecule has 0 aromatic carbocycles. The van der Waals surface area contributed by atoms with E-state index in [-0.39, 0.29) is 5.96 Å². The summed E-state index contributed by atoms with van der Waals surface area (Å²) < 4.78 is 37.2. The molecule has 7 N–H and O–H groups in total. The summed E-state index contributed by atoms with van der Waals surface area (Å²) in [6, 6.07) is -1.88. The van der Waals surface area contributed by atoms with Gasteiger partial charge in [0.2, 0.25) is 11.7 Å². The fraction of sp³-hybridized carbons (Fsp3) is 0.696. The molecular weight excluding hydrogens is 515 g/mol. The summed E-state index contributed by atoms with van der Waals surface area (Å²) in [6.07, 6.45) is 3.94. The number of aliphatic imine (C=N–C) groups is 1. The molecule has 0 saturated carbocycles. The normalized spacial score (nSPS) is 18.6. The Kier molecular flexibility index (Phi) is 15.5. The highest BCUT2D eigenvalue weighted by Crippen LogP contribution is 2.23. The number of carbonyl (C=O) groups is 4. The lowest BCUT2D eigenvalue weighted by Crippen LogP contribution is -2.58. The number of carbonyl (C=O) groups excluding carboxylic acids is 2. The molecular formula is C23H38F3N5O7. The number of nitrogens with two attached hydrogens (primary N) is 2. The standard InChI is InChI=1S/C21H37N5O5.C2HF3O2/c1-4-5-6-7-8-9-10-11-12-26(3)19(28)18-17(24-14(2)27)15(25-21(22)23)13-16(31-18)20(29)30;3-2(4,5)1(6)7/h13,15,17-18H,4-12H2,1-3H3,(H,24,27)(H,29,30)(H4,22,23,25);(H,6,7)/t15-,17+,18+;/m0./s1. The molecule has 1 aliphatic rings. The third-order valence-electron chi connectivity index (χ3n) is 5.36. The van der Waals surface area contributed by atoms with Crippen LogP contribution in [0.5, 0.6) is 0 Å². The van der Waals surface area contributed by atoms with Crippen molar-refractivity contribution in [2.45, 2.75) is 89.6 Å². The van der Waals surface area contributed by atoms with Gasteiger partial charge in [0.25, 0.3) is 5.91 Å². The minimum absolute atomic E-state index is 0.290. The summed E-state index contributed by atoms with van der Waals surface area (Å²) in [6.45, 7) is 3.97. The lowest BCUT2D eigenvalue weighted by Gasteiger charge is -2.36. The van der Waals surface area contributed by atoms with E-state index in [9.17, 15) is 32.7 Å². The maximum Gasteiger partial charge on any atom is 0.490 e. The highest BCUT2D eigenvalue weighted by Gasteiger charge is 2.43. The van der Waals surface area contributed by atoms with E-state index in [1.54, 1.807) is 7.05 Å². The third kappa shape index (κ3) is 13.7. The van der Waals surface area contributed by atoms with Crippen molar-refractivity contribution in [1.82, 2.24) is 10.2 Å². The molecule has 0 saturated heterocycles. The molecule has 1 heterocycles. The lowest BCUT2D eigenvalue weighted by molar-refractivity contribution is -0.192. The van der Waals surface area contributed by atoms with Crippen LogP contribution in [0.2, 0.25) is 0 Å². The van der Waals surface area contributed by atoms with E-state index in [1.807, 2.05) is 0 Å². The molecule has 12 nitrogen and oxygen atoms in total. The molecule has 0 fully saturated rings. The Morgan fingerprint density at radius 1 is 1.05 bits per heavy atom. The Labute approximate surface area is 219 Å². The van der Waals surface area contributed by atoms with Crippen LogP contribution in [0.1, 0.15) is 65.2 Å². The fourth-order valence-corrected chi connectivity index (χ4v) is 3.51. The number of unbranched alkanes of at least 4 members (excludes halogenated alkanes) is 7. The SMILES string of the molecule is CCCCCCCCCCN(C)C(=O)[C@@H]1OC(C(=O)O)=C[C@H](N=C(N)N)[C@H]1NC(C)=O.O=C(O)C(F)(F)F. The van der Waals surface area contributed by atoms with Crippen molar-refractivity contribution >= 4 is 29.7 Å². The topological polar surface area (TPSA) is 198 Å². The minimum Gasteiger partial charge on any atom is -0.475 e. The molecule has 0 unspecified atom stereocenters. The number of carboxylic acids is 2. The zero-order valence-corrected chi connectivity index (χ0v) is 21.8. The average Bonchev–Trinajstić information content (AvgIpc) is 2.80. The van der Waals surface area contributed by atoms with E-state index in [1.165, 1.54) is 50.0 Å². The van der Waals surface area contributed by atoms with Gasteiger partial charge < -0.3 is 36.6 Å². The maximum atomic E-state index is 13.0. The number of amides is 2. The number of nitrogens with one attached hydrogen (secondary N) is 1. The molecule has 218 valence electrons. The van der Waals surface area contributed by atoms with Crippen molar-refractivity contribution in [3.05, 3.63) is 11.8 Å². The summed E-state index contributed by atoms with van der Waals surface area (Å²) in [4.78, 5) is 50.6. The van der Waals surface area contributed by atoms with Gasteiger partial charge >= 0.3 is 18.1 Å². The van der Waals surface area contributed by atoms with Gasteiger partial charge in [-0.05, 0) is 12.5 Å². The Morgan fingerprint density at radius 2 is 1.55 bits per heavy atom. The Bertz CT molecular complexity index is 861. The molecule has 1 rings (SSSR count). The molecule has 0 radical (unpaired) electrons. The largest absolute Gasteiger partial charge is 0.490 e. The number of carboxylic acid groups (broad SMARTS) is 2. The summed E-state index contributed by atoms with van der Waals surface area (Å²) in [5.74, 6) is -5.69. The van der Waals surface area contributed by atoms with Crippen molar-refractivity contribution < 1.29 is 47.3 Å². The van der Waals surface area contributed by atoms with E-state index in [4.69, 9.17) is 26.1 Å². The first-order valence-corrected chi connectivity index (χ1v) is 12.1. The molecule has 1 aliphatic heterocycles. The first-order valence-electron chi connectivity index (χ1n) is 12.1. The van der Waals surface area contributed by atoms with E-state index >= 15 is 0 Å². The van der Waals surface area contributed by atoms with Crippen molar-refractivity contribution in [3.63, 3.8) is 0 Å². The van der Waals surface area contributed by atoms with Crippen LogP contribution in [0.25, 0.3) is 0 Å². The van der Waals surface area contributed by atoms with Gasteiger partial charge in [0, 0.05) is 20.5 Å². The van der Waals surface area contributed by atoms with Gasteiger partial charge in [-0.15, -0.1) is 0 Å². The molecule has 0 aliphatic carbocycles. The number of nitrogens with zero attached hydrogens (tertiary/aromatic N) is 2. The molecule has 3 atom stereocenters. The van der Waals surface area contributed by atoms with Crippen LogP contribution in [-0.2, 0) is 23.9 Å². The zero-order chi connectivity index (χ0) is 29.5. The number of aliphatic carboxylic acids is 2. The quantitative estimate of drug-likeness (QED) is 0.128. The van der Waals surface area contributed by atoms with Gasteiger partial charge in [-0.25, -0.2) is 14.6 Å². The van der Waals surface area contributed by atoms with Gasteiger partial charge in [0.15, 0.2) is 12.1 Å². The average molecular weight is 554 g/mol. The molecule has 2 amide bonds. The Hall–Kier alpha value is -3.52. The minimum atomic E-state index is -5.08. The van der Waals surface area contributed by atoms with E-state index in [0.29, 0.717) is 6.54 Å². The summed E-state index contributed by atoms with van der Waals surface area (Å²) >= 11 is 0. The zero-order valence-electron chi connectivity index (χ0n) is 21.8. The predicted molar refractivity (Wildman–Crippen MR) is 132 cm³/mol. The van der Waals surface area contributed by atoms with E-state index in [0.717, 1.165) is 19.3 Å². The van der Waals surface area contributed by atoms with Crippen LogP contribution in [0, 0.1) is 0 Å². The van der Waals surface area contributed by atoms with E-state index in [2.05, 4.69) is 17.2 Å². The van der Waals surface area contributed by atoms with Crippen LogP contribution in [-0.4, -0.2) is 82.8 Å². The van der Waals surface area contributed by atoms with Crippen LogP contribution in [0.4, 0.5) is 13.2 Å². The number of ether oxygens (including phenoxy) is 1. The van der Waals surface area contributed by atoms with E-state index < -0.39 is 53.9 Å². The molecule has 0 aromatic heterocycles. The number of halogens is 3. The Morgan fingerprint density at radius 3 is 1.97 bits per heavy atom. The first-order chi connectivity index (χ1) is 17.6. The molecule has 0 bridgehead atoms. The second-order valence-electron chi connectivity index (χ2n) is 8.68. The van der Waals surface area contributed by atoms with Gasteiger partial charge in [-0.1, -0.05) is 51.9 Å². The van der Waals surface area contributed by atoms with Gasteiger partial charge in [0.05, 0.1) is 0 Å². The van der Waals surface area contributed by atoms with Crippen LogP contribution in [0.15, 0.2) is 16.8 Å². The highest BCUT2D eigenvalue weighted by molar-refractivity contribution is 5.89. The van der Waals surface area contributed by atoms with Crippen LogP contribution >= 0.6 is 0 Å². The maximum absolute atomic E-state index is 13.0. The number of rotatable bonds is 13. The smallest absolute Gasteiger partial charge is 0.475 e. The fourth-order valence-electron chi connectivity index (χ4n) is 3.51. The number of guanidine groups is 1. The van der Waals surface area contributed by atoms with Crippen molar-refractivity contribution in [1.29, 1.82) is 0 Å². The highest BCUT2D eigenvalue weighted by atomic mass is 19.4. The summed E-state index contributed by atoms with van der Waals surface area (Å²) in [5.41, 5.74) is 10.9. The molecule has 0 aromatic rings. The second-order valence-corrected chi connectivity index (χ2v) is 8.68. The summed E-state index contributed by atoms with van der Waals surface area (Å²) in [5, 5.41) is 19.1. The Balaban J connectivity index is 0.00000171. The number of alkyl halides is 3. The van der Waals surface area contributed by atoms with Crippen molar-refractivity contribution in [3.8, 4) is 0 Å². The third-order valence-corrected chi connectivity index (χ3v) is 5.36. The summed E-state index contributed by atoms with van der Waals surface area (Å²) in [7, 11) is 1.63. The van der Waals surface area contributed by atoms with Crippen LogP contribution < -0.4 is 16.8 Å².